The minimum absolute atomic E-state index is 0.0819. The van der Waals surface area contributed by atoms with Crippen LogP contribution in [0.5, 0.6) is 0 Å². The van der Waals surface area contributed by atoms with Crippen molar-refractivity contribution in [1.82, 2.24) is 0 Å². The summed E-state index contributed by atoms with van der Waals surface area (Å²) in [6.45, 7) is 5.48. The number of hydrogen-bond acceptors (Lipinski definition) is 6. The number of quaternary nitrogens is 1. The Hall–Kier alpha value is -2.32. The molecule has 2 unspecified atom stereocenters. The van der Waals surface area contributed by atoms with Crippen molar-refractivity contribution in [1.29, 1.82) is 0 Å². The van der Waals surface area contributed by atoms with E-state index in [0.29, 0.717) is 24.1 Å². The quantitative estimate of drug-likeness (QED) is 0.0213. The van der Waals surface area contributed by atoms with Gasteiger partial charge < -0.3 is 18.9 Å². The summed E-state index contributed by atoms with van der Waals surface area (Å²) in [6, 6.07) is 0. The average Bonchev–Trinajstić information content (AvgIpc) is 3.29. The molecule has 2 atom stereocenters. The Bertz CT molecular complexity index is 1340. The number of nitrogens with zero attached hydrogens (tertiary/aromatic N) is 1. The second-order valence-electron chi connectivity index (χ2n) is 19.2. The van der Waals surface area contributed by atoms with E-state index in [4.69, 9.17) is 18.5 Å². The SMILES string of the molecule is CC/C=C\C/C=C\C/C=C\C/C=C\C/C=C\CCCCCCCCCCOCC(COP(=O)(O)OCC[N+](C)(C)C)OC(=O)CCCCCCCCCCC/C=C\C/C=C\CCCCCCC. The molecule has 0 amide bonds. The fourth-order valence-corrected chi connectivity index (χ4v) is 8.00. The first-order chi connectivity index (χ1) is 32.6. The lowest BCUT2D eigenvalue weighted by Crippen LogP contribution is -2.37. The van der Waals surface area contributed by atoms with Gasteiger partial charge in [0.15, 0.2) is 0 Å². The maximum absolute atomic E-state index is 12.8. The van der Waals surface area contributed by atoms with E-state index in [9.17, 15) is 14.3 Å². The van der Waals surface area contributed by atoms with Crippen molar-refractivity contribution in [2.24, 2.45) is 0 Å². The van der Waals surface area contributed by atoms with E-state index in [-0.39, 0.29) is 25.8 Å². The second-order valence-corrected chi connectivity index (χ2v) is 20.7. The standard InChI is InChI=1S/C58H104NO7P/c1-6-8-10-12-14-16-18-20-22-24-26-28-29-30-32-34-36-38-40-42-44-46-48-50-53-63-55-57(56-65-67(61,62)64-54-52-59(3,4)5)66-58(60)51-49-47-45-43-41-39-37-35-33-31-27-25-23-21-19-17-15-13-11-9-7-2/h8,10,14,16,19-22,25-28,30,32,57H,6-7,9,11-13,15,17-18,23-24,29,31,33-56H2,1-5H3/p+1/b10-8-,16-14-,21-19-,22-20-,27-25-,28-26-,32-30-. The van der Waals surface area contributed by atoms with Gasteiger partial charge in [0.1, 0.15) is 19.3 Å². The monoisotopic (exact) mass is 959 g/mol. The first kappa shape index (κ1) is 64.7. The van der Waals surface area contributed by atoms with Crippen molar-refractivity contribution in [2.45, 2.75) is 225 Å². The third kappa shape index (κ3) is 54.5. The molecule has 0 aliphatic carbocycles. The molecule has 0 spiro atoms. The number of carbonyl (C=O) groups is 1. The normalized spacial score (nSPS) is 14.2. The lowest BCUT2D eigenvalue weighted by Gasteiger charge is -2.24. The van der Waals surface area contributed by atoms with Gasteiger partial charge in [0.25, 0.3) is 0 Å². The van der Waals surface area contributed by atoms with Crippen molar-refractivity contribution in [3.05, 3.63) is 85.1 Å². The topological polar surface area (TPSA) is 91.3 Å². The number of rotatable bonds is 50. The number of esters is 1. The van der Waals surface area contributed by atoms with E-state index in [1.165, 1.54) is 122 Å². The zero-order valence-electron chi connectivity index (χ0n) is 44.1. The summed E-state index contributed by atoms with van der Waals surface area (Å²) in [6.07, 6.45) is 67.7. The molecule has 0 fully saturated rings. The predicted octanol–water partition coefficient (Wildman–Crippen LogP) is 17.2. The van der Waals surface area contributed by atoms with Crippen LogP contribution in [0, 0.1) is 0 Å². The lowest BCUT2D eigenvalue weighted by molar-refractivity contribution is -0.870. The van der Waals surface area contributed by atoms with E-state index >= 15 is 0 Å². The zero-order valence-corrected chi connectivity index (χ0v) is 45.0. The number of phosphoric acid groups is 1. The van der Waals surface area contributed by atoms with Gasteiger partial charge in [-0.1, -0.05) is 208 Å². The van der Waals surface area contributed by atoms with Gasteiger partial charge in [-0.3, -0.25) is 13.8 Å². The first-order valence-corrected chi connectivity index (χ1v) is 28.8. The molecule has 0 radical (unpaired) electrons. The number of hydrogen-bond donors (Lipinski definition) is 1. The molecule has 0 saturated heterocycles. The zero-order chi connectivity index (χ0) is 49.0. The van der Waals surface area contributed by atoms with Gasteiger partial charge in [-0.25, -0.2) is 4.57 Å². The molecule has 0 aromatic rings. The number of phosphoric ester groups is 1. The molecule has 9 heteroatoms. The Balaban J connectivity index is 4.16. The summed E-state index contributed by atoms with van der Waals surface area (Å²) >= 11 is 0. The second kappa shape index (κ2) is 50.1. The fourth-order valence-electron chi connectivity index (χ4n) is 7.26. The van der Waals surface area contributed by atoms with Crippen LogP contribution in [0.25, 0.3) is 0 Å². The summed E-state index contributed by atoms with van der Waals surface area (Å²) in [5.41, 5.74) is 0. The molecule has 0 aromatic carbocycles. The Morgan fingerprint density at radius 3 is 1.30 bits per heavy atom. The van der Waals surface area contributed by atoms with Gasteiger partial charge in [-0.2, -0.15) is 0 Å². The number of carbonyl (C=O) groups excluding carboxylic acids is 1. The van der Waals surface area contributed by atoms with Crippen molar-refractivity contribution in [3.8, 4) is 0 Å². The van der Waals surface area contributed by atoms with Gasteiger partial charge in [-0.15, -0.1) is 0 Å². The van der Waals surface area contributed by atoms with E-state index in [1.54, 1.807) is 0 Å². The molecule has 0 saturated carbocycles. The van der Waals surface area contributed by atoms with Crippen LogP contribution < -0.4 is 0 Å². The molecule has 1 N–H and O–H groups in total. The summed E-state index contributed by atoms with van der Waals surface area (Å²) in [4.78, 5) is 23.1. The molecule has 0 heterocycles. The average molecular weight is 959 g/mol. The Morgan fingerprint density at radius 1 is 0.478 bits per heavy atom. The molecule has 0 aromatic heterocycles. The maximum Gasteiger partial charge on any atom is 0.472 e. The highest BCUT2D eigenvalue weighted by molar-refractivity contribution is 7.47. The van der Waals surface area contributed by atoms with Crippen LogP contribution in [-0.2, 0) is 27.9 Å². The van der Waals surface area contributed by atoms with Crippen LogP contribution in [0.2, 0.25) is 0 Å². The van der Waals surface area contributed by atoms with Gasteiger partial charge in [0.2, 0.25) is 0 Å². The van der Waals surface area contributed by atoms with E-state index in [0.717, 1.165) is 77.0 Å². The summed E-state index contributed by atoms with van der Waals surface area (Å²) in [7, 11) is 1.65. The van der Waals surface area contributed by atoms with Gasteiger partial charge >= 0.3 is 13.8 Å². The maximum atomic E-state index is 12.8. The summed E-state index contributed by atoms with van der Waals surface area (Å²) < 4.78 is 35.2. The van der Waals surface area contributed by atoms with E-state index < -0.39 is 13.9 Å². The molecular formula is C58H105NO7P+. The largest absolute Gasteiger partial charge is 0.472 e. The van der Waals surface area contributed by atoms with Crippen LogP contribution >= 0.6 is 7.82 Å². The molecule has 0 bridgehead atoms. The number of ether oxygens (including phenoxy) is 2. The van der Waals surface area contributed by atoms with Crippen molar-refractivity contribution < 1.29 is 37.3 Å². The number of allylic oxidation sites excluding steroid dienone is 14. The van der Waals surface area contributed by atoms with Crippen molar-refractivity contribution in [2.75, 3.05) is 54.1 Å². The number of unbranched alkanes of at least 4 members (excludes halogenated alkanes) is 22. The van der Waals surface area contributed by atoms with E-state index in [1.807, 2.05) is 21.1 Å². The Labute approximate surface area is 414 Å². The van der Waals surface area contributed by atoms with Crippen molar-refractivity contribution in [3.63, 3.8) is 0 Å². The smallest absolute Gasteiger partial charge is 0.457 e. The predicted molar refractivity (Wildman–Crippen MR) is 288 cm³/mol. The molecule has 0 rings (SSSR count). The van der Waals surface area contributed by atoms with Gasteiger partial charge in [0, 0.05) is 13.0 Å². The lowest BCUT2D eigenvalue weighted by atomic mass is 10.1. The molecule has 0 aliphatic rings. The first-order valence-electron chi connectivity index (χ1n) is 27.3. The van der Waals surface area contributed by atoms with E-state index in [2.05, 4.69) is 98.9 Å². The number of likely N-dealkylation sites (N-methyl/N-ethyl adjacent to an activating group) is 1. The fraction of sp³-hybridized carbons (Fsp3) is 0.741. The van der Waals surface area contributed by atoms with Crippen LogP contribution in [0.4, 0.5) is 0 Å². The molecule has 0 aliphatic heterocycles. The molecule has 8 nitrogen and oxygen atoms in total. The highest BCUT2D eigenvalue weighted by Gasteiger charge is 2.26. The Kier molecular flexibility index (Phi) is 48.3. The van der Waals surface area contributed by atoms with Crippen LogP contribution in [-0.4, -0.2) is 75.6 Å². The molecular weight excluding hydrogens is 854 g/mol. The summed E-state index contributed by atoms with van der Waals surface area (Å²) in [5.74, 6) is -0.323. The molecule has 67 heavy (non-hydrogen) atoms. The Morgan fingerprint density at radius 2 is 0.866 bits per heavy atom. The van der Waals surface area contributed by atoms with Gasteiger partial charge in [-0.05, 0) is 89.9 Å². The minimum atomic E-state index is -4.29. The summed E-state index contributed by atoms with van der Waals surface area (Å²) in [5, 5.41) is 0. The van der Waals surface area contributed by atoms with Crippen molar-refractivity contribution >= 4 is 13.8 Å². The third-order valence-corrected chi connectivity index (χ3v) is 12.4. The minimum Gasteiger partial charge on any atom is -0.457 e. The third-order valence-electron chi connectivity index (χ3n) is 11.4. The highest BCUT2D eigenvalue weighted by Crippen LogP contribution is 2.43. The van der Waals surface area contributed by atoms with Crippen LogP contribution in [0.15, 0.2) is 85.1 Å². The molecule has 388 valence electrons. The highest BCUT2D eigenvalue weighted by atomic mass is 31.2. The van der Waals surface area contributed by atoms with Crippen LogP contribution in [0.3, 0.4) is 0 Å². The van der Waals surface area contributed by atoms with Crippen LogP contribution in [0.1, 0.15) is 219 Å². The van der Waals surface area contributed by atoms with Gasteiger partial charge in [0.05, 0.1) is 34.4 Å².